The summed E-state index contributed by atoms with van der Waals surface area (Å²) in [4.78, 5) is 39.7. The molecule has 10 atom stereocenters. The van der Waals surface area contributed by atoms with E-state index in [1.54, 1.807) is 0 Å². The first kappa shape index (κ1) is 26.7. The molecule has 2 N–H and O–H groups in total. The Labute approximate surface area is 221 Å². The summed E-state index contributed by atoms with van der Waals surface area (Å²) < 4.78 is 5.34. The van der Waals surface area contributed by atoms with E-state index in [9.17, 15) is 24.6 Å². The molecule has 0 heterocycles. The number of rotatable bonds is 4. The lowest BCUT2D eigenvalue weighted by Crippen LogP contribution is -2.68. The molecule has 0 amide bonds. The number of fused-ring (bicyclic) bond motifs is 7. The summed E-state index contributed by atoms with van der Waals surface area (Å²) in [5.74, 6) is -1.91. The van der Waals surface area contributed by atoms with Crippen LogP contribution in [0.15, 0.2) is 12.2 Å². The summed E-state index contributed by atoms with van der Waals surface area (Å²) in [6.45, 7) is 15.2. The third kappa shape index (κ3) is 3.02. The van der Waals surface area contributed by atoms with Crippen molar-refractivity contribution in [1.29, 1.82) is 0 Å². The quantitative estimate of drug-likeness (QED) is 0.343. The minimum Gasteiger partial charge on any atom is -0.481 e. The zero-order valence-corrected chi connectivity index (χ0v) is 23.6. The molecule has 5 saturated carbocycles. The number of carbonyl (C=O) groups is 3. The van der Waals surface area contributed by atoms with E-state index in [0.717, 1.165) is 37.7 Å². The smallest absolute Gasteiger partial charge is 0.310 e. The number of esters is 1. The molecule has 0 aromatic carbocycles. The average Bonchev–Trinajstić information content (AvgIpc) is 3.32. The van der Waals surface area contributed by atoms with Crippen LogP contribution >= 0.6 is 0 Å². The molecule has 0 radical (unpaired) electrons. The van der Waals surface area contributed by atoms with Gasteiger partial charge >= 0.3 is 17.9 Å². The van der Waals surface area contributed by atoms with Gasteiger partial charge in [-0.25, -0.2) is 0 Å². The van der Waals surface area contributed by atoms with E-state index >= 15 is 0 Å². The Morgan fingerprint density at radius 3 is 2.11 bits per heavy atom. The summed E-state index contributed by atoms with van der Waals surface area (Å²) in [5.41, 5.74) is -1.76. The second kappa shape index (κ2) is 8.08. The van der Waals surface area contributed by atoms with Crippen LogP contribution in [0.3, 0.4) is 0 Å². The van der Waals surface area contributed by atoms with E-state index in [1.807, 2.05) is 6.92 Å². The monoisotopic (exact) mass is 514 g/mol. The standard InChI is InChI=1S/C31H46O6/c1-17(2)18-10-13-30(25(33)34)14-15-31(26(35)36)19(23(18)30)8-9-22-28(31,5)12-11-21-27(3,4)16-20(24(32)37-7)29(21,22)6/h18-23H,1,8-16H2,2-7H3,(H,33,34)(H,35,36)/t18-,19+,20+,21-,22-,23+,28+,29-,30-,31+/m0/s1. The lowest BCUT2D eigenvalue weighted by atomic mass is 9.33. The van der Waals surface area contributed by atoms with E-state index in [2.05, 4.69) is 34.3 Å². The minimum absolute atomic E-state index is 0.0241. The molecule has 0 saturated heterocycles. The van der Waals surface area contributed by atoms with Gasteiger partial charge in [-0.3, -0.25) is 14.4 Å². The fraction of sp³-hybridized carbons (Fsp3) is 0.839. The highest BCUT2D eigenvalue weighted by atomic mass is 16.5. The molecule has 0 aromatic heterocycles. The first-order valence-corrected chi connectivity index (χ1v) is 14.3. The van der Waals surface area contributed by atoms with Crippen LogP contribution in [-0.4, -0.2) is 35.2 Å². The van der Waals surface area contributed by atoms with Gasteiger partial charge in [-0.15, -0.1) is 0 Å². The van der Waals surface area contributed by atoms with Crippen molar-refractivity contribution in [2.75, 3.05) is 7.11 Å². The van der Waals surface area contributed by atoms with Crippen molar-refractivity contribution in [3.05, 3.63) is 12.2 Å². The van der Waals surface area contributed by atoms with Gasteiger partial charge in [0.15, 0.2) is 0 Å². The summed E-state index contributed by atoms with van der Waals surface area (Å²) in [7, 11) is 1.47. The Kier molecular flexibility index (Phi) is 5.84. The van der Waals surface area contributed by atoms with E-state index in [-0.39, 0.29) is 46.4 Å². The predicted octanol–water partition coefficient (Wildman–Crippen LogP) is 6.19. The Bertz CT molecular complexity index is 1050. The number of hydrogen-bond donors (Lipinski definition) is 2. The maximum Gasteiger partial charge on any atom is 0.310 e. The number of allylic oxidation sites excluding steroid dienone is 1. The molecule has 5 rings (SSSR count). The molecule has 5 aliphatic rings. The second-order valence-corrected chi connectivity index (χ2v) is 14.6. The molecule has 6 heteroatoms. The van der Waals surface area contributed by atoms with Crippen molar-refractivity contribution in [2.24, 2.45) is 62.6 Å². The lowest BCUT2D eigenvalue weighted by Gasteiger charge is -2.69. The molecule has 5 aliphatic carbocycles. The van der Waals surface area contributed by atoms with Gasteiger partial charge in [0, 0.05) is 0 Å². The van der Waals surface area contributed by atoms with Gasteiger partial charge in [0.05, 0.1) is 23.9 Å². The first-order valence-electron chi connectivity index (χ1n) is 14.3. The van der Waals surface area contributed by atoms with Crippen LogP contribution in [0.1, 0.15) is 92.4 Å². The number of carboxylic acids is 2. The first-order chi connectivity index (χ1) is 17.1. The van der Waals surface area contributed by atoms with E-state index in [4.69, 9.17) is 4.74 Å². The highest BCUT2D eigenvalue weighted by Gasteiger charge is 2.77. The average molecular weight is 515 g/mol. The lowest BCUT2D eigenvalue weighted by molar-refractivity contribution is -0.239. The Morgan fingerprint density at radius 1 is 0.865 bits per heavy atom. The van der Waals surface area contributed by atoms with E-state index in [1.165, 1.54) is 7.11 Å². The zero-order valence-electron chi connectivity index (χ0n) is 23.6. The number of aliphatic carboxylic acids is 2. The van der Waals surface area contributed by atoms with Gasteiger partial charge in [-0.05, 0) is 111 Å². The highest BCUT2D eigenvalue weighted by molar-refractivity contribution is 5.81. The van der Waals surface area contributed by atoms with Crippen LogP contribution in [0, 0.1) is 62.6 Å². The molecule has 0 aromatic rings. The zero-order chi connectivity index (χ0) is 27.3. The van der Waals surface area contributed by atoms with Crippen LogP contribution < -0.4 is 0 Å². The van der Waals surface area contributed by atoms with Gasteiger partial charge in [0.25, 0.3) is 0 Å². The van der Waals surface area contributed by atoms with Crippen molar-refractivity contribution in [3.8, 4) is 0 Å². The van der Waals surface area contributed by atoms with Crippen LogP contribution in [0.25, 0.3) is 0 Å². The fourth-order valence-electron chi connectivity index (χ4n) is 12.0. The van der Waals surface area contributed by atoms with Gasteiger partial charge in [0.1, 0.15) is 0 Å². The van der Waals surface area contributed by atoms with E-state index < -0.39 is 28.2 Å². The van der Waals surface area contributed by atoms with Crippen molar-refractivity contribution in [1.82, 2.24) is 0 Å². The summed E-state index contributed by atoms with van der Waals surface area (Å²) >= 11 is 0. The summed E-state index contributed by atoms with van der Waals surface area (Å²) in [6.07, 6.45) is 6.19. The van der Waals surface area contributed by atoms with Crippen LogP contribution in [0.2, 0.25) is 0 Å². The van der Waals surface area contributed by atoms with Gasteiger partial charge < -0.3 is 14.9 Å². The molecule has 0 bridgehead atoms. The second-order valence-electron chi connectivity index (χ2n) is 14.6. The van der Waals surface area contributed by atoms with E-state index in [0.29, 0.717) is 31.6 Å². The highest BCUT2D eigenvalue weighted by Crippen LogP contribution is 2.79. The number of carbonyl (C=O) groups excluding carboxylic acids is 1. The normalized spacial score (nSPS) is 49.7. The van der Waals surface area contributed by atoms with Gasteiger partial charge in [-0.1, -0.05) is 39.8 Å². The summed E-state index contributed by atoms with van der Waals surface area (Å²) in [6, 6.07) is 0. The largest absolute Gasteiger partial charge is 0.481 e. The number of methoxy groups -OCH3 is 1. The third-order valence-electron chi connectivity index (χ3n) is 13.4. The molecule has 0 unspecified atom stereocenters. The Morgan fingerprint density at radius 2 is 1.54 bits per heavy atom. The third-order valence-corrected chi connectivity index (χ3v) is 13.4. The van der Waals surface area contributed by atoms with Crippen LogP contribution in [-0.2, 0) is 19.1 Å². The van der Waals surface area contributed by atoms with Gasteiger partial charge in [-0.2, -0.15) is 0 Å². The molecule has 0 spiro atoms. The van der Waals surface area contributed by atoms with Crippen molar-refractivity contribution < 1.29 is 29.3 Å². The number of hydrogen-bond acceptors (Lipinski definition) is 4. The SMILES string of the molecule is C=C(C)[C@@H]1CC[C@]2(C(=O)O)CC[C@]3(C(=O)O)[C@H](CC[C@@H]4[C@@]5(C)[C@@H](C(=O)OC)CC(C)(C)[C@@H]5CC[C@]43C)[C@@H]12. The molecular formula is C31H46O6. The van der Waals surface area contributed by atoms with Crippen LogP contribution in [0.4, 0.5) is 0 Å². The van der Waals surface area contributed by atoms with Crippen molar-refractivity contribution in [2.45, 2.75) is 92.4 Å². The summed E-state index contributed by atoms with van der Waals surface area (Å²) in [5, 5.41) is 21.7. The Balaban J connectivity index is 1.67. The predicted molar refractivity (Wildman–Crippen MR) is 139 cm³/mol. The fourth-order valence-corrected chi connectivity index (χ4v) is 12.0. The molecular weight excluding hydrogens is 468 g/mol. The minimum atomic E-state index is -1.00. The van der Waals surface area contributed by atoms with Crippen molar-refractivity contribution >= 4 is 17.9 Å². The maximum absolute atomic E-state index is 13.6. The molecule has 6 nitrogen and oxygen atoms in total. The number of carboxylic acid groups (broad SMARTS) is 2. The number of ether oxygens (including phenoxy) is 1. The maximum atomic E-state index is 13.6. The molecule has 5 fully saturated rings. The van der Waals surface area contributed by atoms with Crippen LogP contribution in [0.5, 0.6) is 0 Å². The Hall–Kier alpha value is -1.85. The molecule has 0 aliphatic heterocycles. The molecule has 37 heavy (non-hydrogen) atoms. The van der Waals surface area contributed by atoms with Crippen molar-refractivity contribution in [3.63, 3.8) is 0 Å². The van der Waals surface area contributed by atoms with Gasteiger partial charge in [0.2, 0.25) is 0 Å². The topological polar surface area (TPSA) is 101 Å². The molecule has 206 valence electrons.